The first kappa shape index (κ1) is 17.7. The number of imide groups is 1. The largest absolute Gasteiger partial charge is 0.356 e. The van der Waals surface area contributed by atoms with Crippen molar-refractivity contribution in [2.75, 3.05) is 6.54 Å². The Morgan fingerprint density at radius 1 is 1.16 bits per heavy atom. The zero-order chi connectivity index (χ0) is 13.5. The normalized spacial score (nSPS) is 21.3. The number of primary amides is 1. The number of urea groups is 1. The van der Waals surface area contributed by atoms with Gasteiger partial charge < -0.3 is 16.8 Å². The van der Waals surface area contributed by atoms with E-state index in [1.54, 1.807) is 0 Å². The lowest BCUT2D eigenvalue weighted by atomic mass is 10.00. The third-order valence-corrected chi connectivity index (χ3v) is 3.10. The van der Waals surface area contributed by atoms with Gasteiger partial charge in [0.25, 0.3) is 0 Å². The fourth-order valence-electron chi connectivity index (χ4n) is 2.14. The van der Waals surface area contributed by atoms with Crippen molar-refractivity contribution in [3.05, 3.63) is 0 Å². The van der Waals surface area contributed by atoms with Crippen LogP contribution in [0.25, 0.3) is 0 Å². The van der Waals surface area contributed by atoms with Crippen LogP contribution in [0.3, 0.4) is 0 Å². The molecule has 0 radical (unpaired) electrons. The molecule has 0 bridgehead atoms. The standard InChI is InChI=1S/C11H20N4O3.ClH/c12-8-3-1-2-7(8)6-10(17)14-5-4-9(16)15-11(13)18;/h7-8H,1-6,12H2,(H,14,17)(H3,13,15,16,18);1H/t7-,8+;/m0./s1. The molecular formula is C11H21ClN4O3. The van der Waals surface area contributed by atoms with Gasteiger partial charge in [-0.15, -0.1) is 12.4 Å². The fourth-order valence-corrected chi connectivity index (χ4v) is 2.14. The number of carbonyl (C=O) groups is 3. The molecule has 1 aliphatic carbocycles. The van der Waals surface area contributed by atoms with E-state index in [4.69, 9.17) is 11.5 Å². The Morgan fingerprint density at radius 3 is 2.37 bits per heavy atom. The van der Waals surface area contributed by atoms with E-state index in [0.29, 0.717) is 6.42 Å². The molecule has 2 atom stereocenters. The van der Waals surface area contributed by atoms with E-state index in [-0.39, 0.29) is 43.2 Å². The minimum atomic E-state index is -0.886. The van der Waals surface area contributed by atoms with Gasteiger partial charge in [0.05, 0.1) is 0 Å². The summed E-state index contributed by atoms with van der Waals surface area (Å²) in [7, 11) is 0. The minimum Gasteiger partial charge on any atom is -0.356 e. The maximum absolute atomic E-state index is 11.6. The van der Waals surface area contributed by atoms with Crippen LogP contribution in [-0.4, -0.2) is 30.4 Å². The quantitative estimate of drug-likeness (QED) is 0.551. The topological polar surface area (TPSA) is 127 Å². The van der Waals surface area contributed by atoms with E-state index >= 15 is 0 Å². The van der Waals surface area contributed by atoms with Crippen LogP contribution in [0.5, 0.6) is 0 Å². The Balaban J connectivity index is 0.00000324. The maximum Gasteiger partial charge on any atom is 0.318 e. The number of halogens is 1. The average molecular weight is 293 g/mol. The van der Waals surface area contributed by atoms with E-state index in [1.807, 2.05) is 5.32 Å². The molecule has 0 spiro atoms. The average Bonchev–Trinajstić information content (AvgIpc) is 2.63. The van der Waals surface area contributed by atoms with Gasteiger partial charge in [0.15, 0.2) is 0 Å². The van der Waals surface area contributed by atoms with Crippen LogP contribution in [0.2, 0.25) is 0 Å². The SMILES string of the molecule is Cl.NC(=O)NC(=O)CCNC(=O)C[C@@H]1CCC[C@H]1N. The van der Waals surface area contributed by atoms with Gasteiger partial charge in [-0.25, -0.2) is 4.79 Å². The Bertz CT molecular complexity index is 338. The second-order valence-corrected chi connectivity index (χ2v) is 4.57. The summed E-state index contributed by atoms with van der Waals surface area (Å²) in [6.45, 7) is 0.194. The molecule has 0 aliphatic heterocycles. The van der Waals surface area contributed by atoms with Crippen LogP contribution >= 0.6 is 12.4 Å². The summed E-state index contributed by atoms with van der Waals surface area (Å²) in [5.74, 6) is -0.367. The first-order chi connectivity index (χ1) is 8.49. The number of hydrogen-bond donors (Lipinski definition) is 4. The van der Waals surface area contributed by atoms with Crippen LogP contribution in [0.15, 0.2) is 0 Å². The van der Waals surface area contributed by atoms with Crippen LogP contribution in [0, 0.1) is 5.92 Å². The summed E-state index contributed by atoms with van der Waals surface area (Å²) in [5, 5.41) is 4.55. The highest BCUT2D eigenvalue weighted by Crippen LogP contribution is 2.26. The highest BCUT2D eigenvalue weighted by atomic mass is 35.5. The first-order valence-electron chi connectivity index (χ1n) is 6.10. The van der Waals surface area contributed by atoms with E-state index in [0.717, 1.165) is 19.3 Å². The van der Waals surface area contributed by atoms with Gasteiger partial charge in [0, 0.05) is 25.4 Å². The van der Waals surface area contributed by atoms with Crippen molar-refractivity contribution in [2.24, 2.45) is 17.4 Å². The van der Waals surface area contributed by atoms with Crippen molar-refractivity contribution in [1.29, 1.82) is 0 Å². The number of carbonyl (C=O) groups excluding carboxylic acids is 3. The molecule has 0 aromatic rings. The zero-order valence-corrected chi connectivity index (χ0v) is 11.5. The summed E-state index contributed by atoms with van der Waals surface area (Å²) >= 11 is 0. The number of amides is 4. The van der Waals surface area contributed by atoms with Crippen molar-refractivity contribution >= 4 is 30.3 Å². The summed E-state index contributed by atoms with van der Waals surface area (Å²) in [6.07, 6.45) is 3.46. The molecule has 0 unspecified atom stereocenters. The lowest BCUT2D eigenvalue weighted by Crippen LogP contribution is -2.38. The molecule has 4 amide bonds. The van der Waals surface area contributed by atoms with Crippen molar-refractivity contribution in [1.82, 2.24) is 10.6 Å². The summed E-state index contributed by atoms with van der Waals surface area (Å²) < 4.78 is 0. The second-order valence-electron chi connectivity index (χ2n) is 4.57. The molecule has 8 heteroatoms. The Labute approximate surface area is 118 Å². The molecule has 0 saturated heterocycles. The lowest BCUT2D eigenvalue weighted by molar-refractivity contribution is -0.122. The second kappa shape index (κ2) is 8.71. The highest BCUT2D eigenvalue weighted by Gasteiger charge is 2.25. The molecule has 1 fully saturated rings. The molecule has 1 aliphatic rings. The third kappa shape index (κ3) is 6.97. The van der Waals surface area contributed by atoms with Crippen LogP contribution < -0.4 is 22.1 Å². The fraction of sp³-hybridized carbons (Fsp3) is 0.727. The molecule has 0 aromatic carbocycles. The number of nitrogens with two attached hydrogens (primary N) is 2. The van der Waals surface area contributed by atoms with E-state index in [2.05, 4.69) is 5.32 Å². The van der Waals surface area contributed by atoms with Crippen molar-refractivity contribution in [3.8, 4) is 0 Å². The van der Waals surface area contributed by atoms with E-state index in [9.17, 15) is 14.4 Å². The summed E-state index contributed by atoms with van der Waals surface area (Å²) in [5.41, 5.74) is 10.6. The molecular weight excluding hydrogens is 272 g/mol. The molecule has 110 valence electrons. The molecule has 1 rings (SSSR count). The van der Waals surface area contributed by atoms with Gasteiger partial charge in [0.1, 0.15) is 0 Å². The first-order valence-corrected chi connectivity index (χ1v) is 6.10. The summed E-state index contributed by atoms with van der Waals surface area (Å²) in [4.78, 5) is 33.0. The molecule has 19 heavy (non-hydrogen) atoms. The molecule has 0 aromatic heterocycles. The van der Waals surface area contributed by atoms with Gasteiger partial charge in [-0.3, -0.25) is 14.9 Å². The van der Waals surface area contributed by atoms with E-state index in [1.165, 1.54) is 0 Å². The molecule has 6 N–H and O–H groups in total. The molecule has 1 saturated carbocycles. The smallest absolute Gasteiger partial charge is 0.318 e. The van der Waals surface area contributed by atoms with Crippen molar-refractivity contribution in [3.63, 3.8) is 0 Å². The Kier molecular flexibility index (Phi) is 8.09. The Morgan fingerprint density at radius 2 is 1.84 bits per heavy atom. The zero-order valence-electron chi connectivity index (χ0n) is 10.7. The van der Waals surface area contributed by atoms with Gasteiger partial charge in [-0.2, -0.15) is 0 Å². The van der Waals surface area contributed by atoms with Gasteiger partial charge >= 0.3 is 6.03 Å². The van der Waals surface area contributed by atoms with Gasteiger partial charge in [0.2, 0.25) is 11.8 Å². The molecule has 7 nitrogen and oxygen atoms in total. The molecule has 0 heterocycles. The Hall–Kier alpha value is -1.34. The van der Waals surface area contributed by atoms with Crippen LogP contribution in [0.1, 0.15) is 32.1 Å². The minimum absolute atomic E-state index is 0. The maximum atomic E-state index is 11.6. The lowest BCUT2D eigenvalue weighted by Gasteiger charge is -2.14. The predicted octanol–water partition coefficient (Wildman–Crippen LogP) is -0.373. The highest BCUT2D eigenvalue weighted by molar-refractivity contribution is 5.93. The predicted molar refractivity (Wildman–Crippen MR) is 72.5 cm³/mol. The summed E-state index contributed by atoms with van der Waals surface area (Å²) in [6, 6.07) is -0.780. The number of rotatable bonds is 5. The number of hydrogen-bond acceptors (Lipinski definition) is 4. The van der Waals surface area contributed by atoms with E-state index < -0.39 is 11.9 Å². The van der Waals surface area contributed by atoms with Gasteiger partial charge in [-0.1, -0.05) is 6.42 Å². The van der Waals surface area contributed by atoms with Crippen LogP contribution in [-0.2, 0) is 9.59 Å². The third-order valence-electron chi connectivity index (χ3n) is 3.10. The number of nitrogens with one attached hydrogen (secondary N) is 2. The van der Waals surface area contributed by atoms with Crippen LogP contribution in [0.4, 0.5) is 4.79 Å². The van der Waals surface area contributed by atoms with Crippen molar-refractivity contribution in [2.45, 2.75) is 38.1 Å². The van der Waals surface area contributed by atoms with Gasteiger partial charge in [-0.05, 0) is 18.8 Å². The van der Waals surface area contributed by atoms with Crippen molar-refractivity contribution < 1.29 is 14.4 Å². The monoisotopic (exact) mass is 292 g/mol.